The molecular formula is C5H9NO. The summed E-state index contributed by atoms with van der Waals surface area (Å²) >= 11 is 0. The Morgan fingerprint density at radius 1 is 1.71 bits per heavy atom. The molecule has 2 nitrogen and oxygen atoms in total. The molecule has 0 spiro atoms. The van der Waals surface area contributed by atoms with Gasteiger partial charge in [0.2, 0.25) is 0 Å². The molecule has 0 aromatic heterocycles. The van der Waals surface area contributed by atoms with Crippen molar-refractivity contribution < 1.29 is 4.74 Å². The zero-order valence-corrected chi connectivity index (χ0v) is 4.56. The second-order valence-corrected chi connectivity index (χ2v) is 1.04. The smallest absolute Gasteiger partial charge is 0.132 e. The number of ether oxygens (including phenoxy) is 1. The first kappa shape index (κ1) is 6.21. The second kappa shape index (κ2) is 3.40. The van der Waals surface area contributed by atoms with E-state index in [4.69, 9.17) is 5.41 Å². The standard InChI is InChI=1S/C5H9NO/c1-3-5(4-6)7-2/h3-4,6H,1-2H3. The quantitative estimate of drug-likeness (QED) is 0.409. The number of nitrogens with one attached hydrogen (secondary N) is 1. The van der Waals surface area contributed by atoms with Gasteiger partial charge in [-0.3, -0.25) is 0 Å². The van der Waals surface area contributed by atoms with Crippen molar-refractivity contribution in [3.8, 4) is 0 Å². The molecule has 0 amide bonds. The summed E-state index contributed by atoms with van der Waals surface area (Å²) in [5.41, 5.74) is 0. The summed E-state index contributed by atoms with van der Waals surface area (Å²) in [6.45, 7) is 1.82. The van der Waals surface area contributed by atoms with Crippen LogP contribution in [0.5, 0.6) is 0 Å². The van der Waals surface area contributed by atoms with Gasteiger partial charge in [0, 0.05) is 0 Å². The van der Waals surface area contributed by atoms with Crippen molar-refractivity contribution in [3.05, 3.63) is 11.8 Å². The third kappa shape index (κ3) is 1.98. The summed E-state index contributed by atoms with van der Waals surface area (Å²) in [5, 5.41) is 6.64. The van der Waals surface area contributed by atoms with E-state index < -0.39 is 0 Å². The van der Waals surface area contributed by atoms with Gasteiger partial charge < -0.3 is 10.1 Å². The van der Waals surface area contributed by atoms with E-state index in [1.807, 2.05) is 6.92 Å². The van der Waals surface area contributed by atoms with Crippen molar-refractivity contribution in [2.75, 3.05) is 7.11 Å². The summed E-state index contributed by atoms with van der Waals surface area (Å²) in [5.74, 6) is 0.597. The lowest BCUT2D eigenvalue weighted by Crippen LogP contribution is -1.83. The lowest BCUT2D eigenvalue weighted by molar-refractivity contribution is 0.316. The van der Waals surface area contributed by atoms with Crippen LogP contribution in [0.1, 0.15) is 6.92 Å². The van der Waals surface area contributed by atoms with Crippen molar-refractivity contribution in [2.24, 2.45) is 0 Å². The number of methoxy groups -OCH3 is 1. The topological polar surface area (TPSA) is 33.1 Å². The fraction of sp³-hybridized carbons (Fsp3) is 0.400. The normalized spacial score (nSPS) is 10.9. The van der Waals surface area contributed by atoms with E-state index in [1.54, 1.807) is 13.2 Å². The highest BCUT2D eigenvalue weighted by atomic mass is 16.5. The molecule has 0 aliphatic rings. The van der Waals surface area contributed by atoms with Crippen LogP contribution in [0.4, 0.5) is 0 Å². The highest BCUT2D eigenvalue weighted by molar-refractivity contribution is 5.72. The Balaban J connectivity index is 3.60. The van der Waals surface area contributed by atoms with E-state index in [1.165, 1.54) is 6.21 Å². The van der Waals surface area contributed by atoms with E-state index in [2.05, 4.69) is 4.74 Å². The van der Waals surface area contributed by atoms with Gasteiger partial charge in [0.15, 0.2) is 0 Å². The van der Waals surface area contributed by atoms with Crippen LogP contribution in [0.3, 0.4) is 0 Å². The summed E-state index contributed by atoms with van der Waals surface area (Å²) in [7, 11) is 1.54. The van der Waals surface area contributed by atoms with E-state index in [0.29, 0.717) is 5.76 Å². The van der Waals surface area contributed by atoms with E-state index >= 15 is 0 Å². The van der Waals surface area contributed by atoms with Crippen molar-refractivity contribution >= 4 is 6.21 Å². The van der Waals surface area contributed by atoms with Crippen molar-refractivity contribution in [3.63, 3.8) is 0 Å². The fourth-order valence-corrected chi connectivity index (χ4v) is 0.260. The highest BCUT2D eigenvalue weighted by Gasteiger charge is 1.79. The largest absolute Gasteiger partial charge is 0.496 e. The molecule has 0 saturated carbocycles. The Hall–Kier alpha value is -0.790. The maximum atomic E-state index is 6.64. The number of rotatable bonds is 2. The molecule has 0 bridgehead atoms. The van der Waals surface area contributed by atoms with Crippen molar-refractivity contribution in [1.29, 1.82) is 5.41 Å². The van der Waals surface area contributed by atoms with Crippen LogP contribution >= 0.6 is 0 Å². The molecule has 0 saturated heterocycles. The zero-order chi connectivity index (χ0) is 5.70. The molecule has 0 aliphatic carbocycles. The summed E-state index contributed by atoms with van der Waals surface area (Å²) in [4.78, 5) is 0. The Morgan fingerprint density at radius 2 is 2.29 bits per heavy atom. The first-order valence-corrected chi connectivity index (χ1v) is 2.06. The number of allylic oxidation sites excluding steroid dienone is 2. The molecule has 0 radical (unpaired) electrons. The first-order chi connectivity index (χ1) is 3.35. The van der Waals surface area contributed by atoms with Gasteiger partial charge in [-0.2, -0.15) is 0 Å². The van der Waals surface area contributed by atoms with Crippen molar-refractivity contribution in [1.82, 2.24) is 0 Å². The van der Waals surface area contributed by atoms with Gasteiger partial charge in [-0.05, 0) is 13.0 Å². The maximum absolute atomic E-state index is 6.64. The van der Waals surface area contributed by atoms with Crippen molar-refractivity contribution in [2.45, 2.75) is 6.92 Å². The summed E-state index contributed by atoms with van der Waals surface area (Å²) in [6, 6.07) is 0. The Morgan fingerprint density at radius 3 is 2.29 bits per heavy atom. The Labute approximate surface area is 43.3 Å². The summed E-state index contributed by atoms with van der Waals surface area (Å²) < 4.78 is 4.67. The molecule has 0 aromatic carbocycles. The Kier molecular flexibility index (Phi) is 3.02. The number of hydrogen-bond acceptors (Lipinski definition) is 2. The first-order valence-electron chi connectivity index (χ1n) is 2.06. The molecule has 0 rings (SSSR count). The SMILES string of the molecule is CC=C(C=N)OC. The molecule has 0 atom stereocenters. The minimum Gasteiger partial charge on any atom is -0.496 e. The van der Waals surface area contributed by atoms with Gasteiger partial charge >= 0.3 is 0 Å². The summed E-state index contributed by atoms with van der Waals surface area (Å²) in [6.07, 6.45) is 2.90. The van der Waals surface area contributed by atoms with Gasteiger partial charge in [-0.25, -0.2) is 0 Å². The molecule has 0 aromatic rings. The molecule has 40 valence electrons. The van der Waals surface area contributed by atoms with Gasteiger partial charge in [0.1, 0.15) is 5.76 Å². The van der Waals surface area contributed by atoms with E-state index in [0.717, 1.165) is 0 Å². The van der Waals surface area contributed by atoms with Gasteiger partial charge in [-0.15, -0.1) is 0 Å². The van der Waals surface area contributed by atoms with Crippen LogP contribution in [0.25, 0.3) is 0 Å². The molecule has 0 fully saturated rings. The van der Waals surface area contributed by atoms with Crippen LogP contribution in [-0.2, 0) is 4.74 Å². The molecule has 1 N–H and O–H groups in total. The molecule has 0 heterocycles. The van der Waals surface area contributed by atoms with Gasteiger partial charge in [0.25, 0.3) is 0 Å². The van der Waals surface area contributed by atoms with Crippen LogP contribution < -0.4 is 0 Å². The highest BCUT2D eigenvalue weighted by Crippen LogP contribution is 1.85. The van der Waals surface area contributed by atoms with Crippen LogP contribution in [0, 0.1) is 5.41 Å². The monoisotopic (exact) mass is 99.1 g/mol. The van der Waals surface area contributed by atoms with Gasteiger partial charge in [0.05, 0.1) is 13.3 Å². The van der Waals surface area contributed by atoms with E-state index in [-0.39, 0.29) is 0 Å². The lowest BCUT2D eigenvalue weighted by Gasteiger charge is -1.92. The van der Waals surface area contributed by atoms with Crippen LogP contribution in [-0.4, -0.2) is 13.3 Å². The predicted octanol–water partition coefficient (Wildman–Crippen LogP) is 1.19. The average Bonchev–Trinajstić information content (AvgIpc) is 1.72. The van der Waals surface area contributed by atoms with Crippen LogP contribution in [0.15, 0.2) is 11.8 Å². The third-order valence-corrected chi connectivity index (χ3v) is 0.662. The lowest BCUT2D eigenvalue weighted by atomic mass is 10.5. The second-order valence-electron chi connectivity index (χ2n) is 1.04. The Bertz CT molecular complexity index is 86.1. The molecule has 0 aliphatic heterocycles. The predicted molar refractivity (Wildman–Crippen MR) is 29.5 cm³/mol. The third-order valence-electron chi connectivity index (χ3n) is 0.662. The van der Waals surface area contributed by atoms with E-state index in [9.17, 15) is 0 Å². The molecule has 7 heavy (non-hydrogen) atoms. The van der Waals surface area contributed by atoms with Crippen LogP contribution in [0.2, 0.25) is 0 Å². The molecule has 2 heteroatoms. The minimum atomic E-state index is 0.597. The minimum absolute atomic E-state index is 0.597. The molecule has 0 unspecified atom stereocenters. The fourth-order valence-electron chi connectivity index (χ4n) is 0.260. The number of hydrogen-bond donors (Lipinski definition) is 1. The average molecular weight is 99.1 g/mol. The van der Waals surface area contributed by atoms with Gasteiger partial charge in [-0.1, -0.05) is 0 Å². The molecular weight excluding hydrogens is 90.1 g/mol. The zero-order valence-electron chi connectivity index (χ0n) is 4.56. The maximum Gasteiger partial charge on any atom is 0.132 e.